The first kappa shape index (κ1) is 18.2. The molecular formula is C20H20N4O3. The van der Waals surface area contributed by atoms with Gasteiger partial charge in [-0.05, 0) is 36.8 Å². The van der Waals surface area contributed by atoms with E-state index in [9.17, 15) is 4.79 Å². The van der Waals surface area contributed by atoms with Gasteiger partial charge in [-0.3, -0.25) is 4.79 Å². The number of methoxy groups -OCH3 is 1. The van der Waals surface area contributed by atoms with E-state index in [4.69, 9.17) is 9.47 Å². The predicted octanol–water partition coefficient (Wildman–Crippen LogP) is 2.80. The number of nitrogens with zero attached hydrogens (tertiary/aromatic N) is 3. The van der Waals surface area contributed by atoms with Gasteiger partial charge in [0.25, 0.3) is 5.91 Å². The van der Waals surface area contributed by atoms with Crippen molar-refractivity contribution in [2.75, 3.05) is 13.7 Å². The van der Waals surface area contributed by atoms with Crippen molar-refractivity contribution in [2.45, 2.75) is 6.92 Å². The zero-order chi connectivity index (χ0) is 19.1. The Balaban J connectivity index is 1.56. The summed E-state index contributed by atoms with van der Waals surface area (Å²) in [5.74, 6) is 0.726. The maximum absolute atomic E-state index is 12.0. The Morgan fingerprint density at radius 2 is 1.89 bits per heavy atom. The van der Waals surface area contributed by atoms with Gasteiger partial charge in [0.2, 0.25) is 0 Å². The molecule has 7 heteroatoms. The van der Waals surface area contributed by atoms with Gasteiger partial charge in [0.05, 0.1) is 19.1 Å². The summed E-state index contributed by atoms with van der Waals surface area (Å²) in [6.45, 7) is 1.67. The number of hydrogen-bond donors (Lipinski definition) is 1. The molecule has 7 nitrogen and oxygen atoms in total. The number of amides is 1. The number of aromatic nitrogens is 2. The number of hydrogen-bond acceptors (Lipinski definition) is 5. The first-order valence-electron chi connectivity index (χ1n) is 8.35. The Labute approximate surface area is 157 Å². The van der Waals surface area contributed by atoms with Crippen molar-refractivity contribution < 1.29 is 14.3 Å². The van der Waals surface area contributed by atoms with Crippen molar-refractivity contribution in [1.29, 1.82) is 0 Å². The molecule has 1 N–H and O–H groups in total. The fraction of sp³-hybridized carbons (Fsp3) is 0.150. The largest absolute Gasteiger partial charge is 0.493 e. The molecule has 0 bridgehead atoms. The molecule has 0 unspecified atom stereocenters. The van der Waals surface area contributed by atoms with Crippen LogP contribution in [-0.2, 0) is 4.79 Å². The maximum Gasteiger partial charge on any atom is 0.277 e. The molecule has 1 amide bonds. The van der Waals surface area contributed by atoms with E-state index in [-0.39, 0.29) is 12.5 Å². The lowest BCUT2D eigenvalue weighted by molar-refractivity contribution is -0.123. The third kappa shape index (κ3) is 4.72. The fourth-order valence-corrected chi connectivity index (χ4v) is 2.41. The molecule has 0 fully saturated rings. The van der Waals surface area contributed by atoms with Crippen molar-refractivity contribution in [3.8, 4) is 17.2 Å². The molecule has 0 aliphatic heterocycles. The molecule has 0 spiro atoms. The van der Waals surface area contributed by atoms with E-state index in [1.54, 1.807) is 31.8 Å². The van der Waals surface area contributed by atoms with Crippen LogP contribution in [0.4, 0.5) is 0 Å². The van der Waals surface area contributed by atoms with E-state index in [0.29, 0.717) is 17.2 Å². The van der Waals surface area contributed by atoms with Crippen molar-refractivity contribution >= 4 is 11.6 Å². The highest BCUT2D eigenvalue weighted by molar-refractivity contribution is 5.99. The van der Waals surface area contributed by atoms with Gasteiger partial charge < -0.3 is 14.0 Å². The van der Waals surface area contributed by atoms with Crippen LogP contribution in [0.3, 0.4) is 0 Å². The van der Waals surface area contributed by atoms with E-state index in [2.05, 4.69) is 15.5 Å². The Bertz CT molecular complexity index is 919. The number of carbonyl (C=O) groups is 1. The van der Waals surface area contributed by atoms with Crippen molar-refractivity contribution in [3.05, 3.63) is 72.8 Å². The second-order valence-electron chi connectivity index (χ2n) is 5.69. The molecule has 3 rings (SSSR count). The van der Waals surface area contributed by atoms with Gasteiger partial charge in [0.15, 0.2) is 18.1 Å². The van der Waals surface area contributed by atoms with Gasteiger partial charge in [-0.1, -0.05) is 24.3 Å². The molecule has 0 aliphatic rings. The number of ether oxygens (including phenoxy) is 2. The minimum Gasteiger partial charge on any atom is -0.493 e. The number of nitrogens with one attached hydrogen (secondary N) is 1. The van der Waals surface area contributed by atoms with E-state index < -0.39 is 0 Å². The summed E-state index contributed by atoms with van der Waals surface area (Å²) in [6.07, 6.45) is 5.33. The molecule has 0 saturated carbocycles. The van der Waals surface area contributed by atoms with Crippen LogP contribution in [-0.4, -0.2) is 34.9 Å². The van der Waals surface area contributed by atoms with Gasteiger partial charge in [0, 0.05) is 18.1 Å². The minimum absolute atomic E-state index is 0.156. The molecule has 1 aromatic heterocycles. The molecule has 138 valence electrons. The highest BCUT2D eigenvalue weighted by atomic mass is 16.5. The first-order valence-corrected chi connectivity index (χ1v) is 8.35. The van der Waals surface area contributed by atoms with E-state index in [1.165, 1.54) is 0 Å². The smallest absolute Gasteiger partial charge is 0.277 e. The molecule has 3 aromatic rings. The number of para-hydroxylation sites is 2. The molecule has 0 atom stereocenters. The third-order valence-corrected chi connectivity index (χ3v) is 3.86. The molecule has 0 aliphatic carbocycles. The number of hydrazone groups is 1. The van der Waals surface area contributed by atoms with Gasteiger partial charge >= 0.3 is 0 Å². The van der Waals surface area contributed by atoms with Crippen molar-refractivity contribution in [1.82, 2.24) is 15.0 Å². The average Bonchev–Trinajstić information content (AvgIpc) is 3.25. The van der Waals surface area contributed by atoms with E-state index >= 15 is 0 Å². The Hall–Kier alpha value is -3.61. The topological polar surface area (TPSA) is 77.7 Å². The lowest BCUT2D eigenvalue weighted by atomic mass is 10.1. The summed E-state index contributed by atoms with van der Waals surface area (Å²) >= 11 is 0. The predicted molar refractivity (Wildman–Crippen MR) is 102 cm³/mol. The van der Waals surface area contributed by atoms with Crippen molar-refractivity contribution in [3.63, 3.8) is 0 Å². The summed E-state index contributed by atoms with van der Waals surface area (Å²) in [7, 11) is 1.55. The molecule has 27 heavy (non-hydrogen) atoms. The SMILES string of the molecule is COc1ccccc1OCC(=O)N/N=C(/C)c1ccc(-n2ccnc2)cc1. The van der Waals surface area contributed by atoms with E-state index in [0.717, 1.165) is 11.3 Å². The zero-order valence-corrected chi connectivity index (χ0v) is 15.1. The third-order valence-electron chi connectivity index (χ3n) is 3.86. The van der Waals surface area contributed by atoms with Gasteiger partial charge in [-0.2, -0.15) is 5.10 Å². The quantitative estimate of drug-likeness (QED) is 0.517. The molecule has 2 aromatic carbocycles. The van der Waals surface area contributed by atoms with Crippen LogP contribution in [0, 0.1) is 0 Å². The second kappa shape index (κ2) is 8.66. The first-order chi connectivity index (χ1) is 13.2. The summed E-state index contributed by atoms with van der Waals surface area (Å²) in [6, 6.07) is 14.9. The summed E-state index contributed by atoms with van der Waals surface area (Å²) in [4.78, 5) is 16.0. The van der Waals surface area contributed by atoms with Crippen LogP contribution in [0.5, 0.6) is 11.5 Å². The van der Waals surface area contributed by atoms with E-state index in [1.807, 2.05) is 54.1 Å². The lowest BCUT2D eigenvalue weighted by Gasteiger charge is -2.09. The van der Waals surface area contributed by atoms with Crippen molar-refractivity contribution in [2.24, 2.45) is 5.10 Å². The molecule has 0 radical (unpaired) electrons. The normalized spacial score (nSPS) is 11.1. The van der Waals surface area contributed by atoms with Crippen LogP contribution in [0.1, 0.15) is 12.5 Å². The summed E-state index contributed by atoms with van der Waals surface area (Å²) < 4.78 is 12.6. The number of carbonyl (C=O) groups excluding carboxylic acids is 1. The Kier molecular flexibility index (Phi) is 5.84. The van der Waals surface area contributed by atoms with Crippen LogP contribution in [0.2, 0.25) is 0 Å². The van der Waals surface area contributed by atoms with Gasteiger partial charge in [-0.25, -0.2) is 10.4 Å². The molecule has 1 heterocycles. The number of benzene rings is 2. The van der Waals surface area contributed by atoms with Crippen LogP contribution >= 0.6 is 0 Å². The second-order valence-corrected chi connectivity index (χ2v) is 5.69. The maximum atomic E-state index is 12.0. The lowest BCUT2D eigenvalue weighted by Crippen LogP contribution is -2.25. The fourth-order valence-electron chi connectivity index (χ4n) is 2.41. The average molecular weight is 364 g/mol. The standard InChI is InChI=1S/C20H20N4O3/c1-15(16-7-9-17(10-8-16)24-12-11-21-14-24)22-23-20(25)13-27-19-6-4-3-5-18(19)26-2/h3-12,14H,13H2,1-2H3,(H,23,25)/b22-15-. The van der Waals surface area contributed by atoms with Crippen LogP contribution in [0.25, 0.3) is 5.69 Å². The number of imidazole rings is 1. The summed E-state index contributed by atoms with van der Waals surface area (Å²) in [5.41, 5.74) is 5.10. The molecular weight excluding hydrogens is 344 g/mol. The van der Waals surface area contributed by atoms with Crippen LogP contribution in [0.15, 0.2) is 72.4 Å². The van der Waals surface area contributed by atoms with Gasteiger partial charge in [-0.15, -0.1) is 0 Å². The Morgan fingerprint density at radius 1 is 1.15 bits per heavy atom. The van der Waals surface area contributed by atoms with Crippen LogP contribution < -0.4 is 14.9 Å². The summed E-state index contributed by atoms with van der Waals surface area (Å²) in [5, 5.41) is 4.13. The molecule has 0 saturated heterocycles. The van der Waals surface area contributed by atoms with Gasteiger partial charge in [0.1, 0.15) is 0 Å². The minimum atomic E-state index is -0.352. The Morgan fingerprint density at radius 3 is 2.56 bits per heavy atom. The monoisotopic (exact) mass is 364 g/mol. The highest BCUT2D eigenvalue weighted by Gasteiger charge is 2.07. The highest BCUT2D eigenvalue weighted by Crippen LogP contribution is 2.25. The number of rotatable bonds is 7. The zero-order valence-electron chi connectivity index (χ0n) is 15.1.